The van der Waals surface area contributed by atoms with E-state index in [4.69, 9.17) is 0 Å². The number of hydrogen-bond acceptors (Lipinski definition) is 3. The average Bonchev–Trinajstić information content (AvgIpc) is 3.34. The highest BCUT2D eigenvalue weighted by Gasteiger charge is 2.40. The molecule has 1 saturated carbocycles. The Morgan fingerprint density at radius 3 is 2.50 bits per heavy atom. The van der Waals surface area contributed by atoms with Crippen LogP contribution in [0.2, 0.25) is 0 Å². The molecule has 30 heavy (non-hydrogen) atoms. The molecule has 1 aliphatic carbocycles. The van der Waals surface area contributed by atoms with Crippen molar-refractivity contribution < 1.29 is 13.9 Å². The quantitative estimate of drug-likeness (QED) is 0.477. The van der Waals surface area contributed by atoms with E-state index in [-0.39, 0.29) is 12.1 Å². The van der Waals surface area contributed by atoms with Crippen LogP contribution < -0.4 is 10.6 Å². The highest BCUT2D eigenvalue weighted by atomic mass is 19.1. The number of hydrogen-bond donors (Lipinski definition) is 3. The molecule has 0 saturated heterocycles. The maximum atomic E-state index is 14.6. The van der Waals surface area contributed by atoms with Gasteiger partial charge < -0.3 is 15.7 Å². The summed E-state index contributed by atoms with van der Waals surface area (Å²) in [5.74, 6) is -0.495. The van der Waals surface area contributed by atoms with Gasteiger partial charge in [-0.1, -0.05) is 18.9 Å². The van der Waals surface area contributed by atoms with Crippen molar-refractivity contribution in [2.75, 3.05) is 19.6 Å². The zero-order valence-electron chi connectivity index (χ0n) is 17.9. The SMILES string of the molecule is CCNC(=NCC(C)(O)c1cnn(C)c1)NCC1(c2c(F)cccc2F)CCCC1. The summed E-state index contributed by atoms with van der Waals surface area (Å²) in [6, 6.07) is 4.04. The van der Waals surface area contributed by atoms with Crippen molar-refractivity contribution in [2.45, 2.75) is 50.5 Å². The monoisotopic (exact) mass is 419 g/mol. The van der Waals surface area contributed by atoms with E-state index in [9.17, 15) is 13.9 Å². The van der Waals surface area contributed by atoms with Crippen LogP contribution in [0.25, 0.3) is 0 Å². The molecule has 3 rings (SSSR count). The molecular weight excluding hydrogens is 388 g/mol. The standard InChI is InChI=1S/C22H31F2N5O/c1-4-25-20(26-14-21(2,30)16-12-28-29(3)13-16)27-15-22(10-5-6-11-22)19-17(23)8-7-9-18(19)24/h7-9,12-13,30H,4-6,10-11,14-15H2,1-3H3,(H2,25,26,27). The minimum absolute atomic E-state index is 0.120. The third-order valence-corrected chi connectivity index (χ3v) is 5.86. The first-order valence-electron chi connectivity index (χ1n) is 10.5. The van der Waals surface area contributed by atoms with Gasteiger partial charge in [0.25, 0.3) is 0 Å². The lowest BCUT2D eigenvalue weighted by atomic mass is 9.78. The number of aliphatic imine (C=N–C) groups is 1. The van der Waals surface area contributed by atoms with Crippen molar-refractivity contribution in [3.05, 3.63) is 53.4 Å². The fourth-order valence-corrected chi connectivity index (χ4v) is 4.19. The summed E-state index contributed by atoms with van der Waals surface area (Å²) in [5, 5.41) is 21.3. The van der Waals surface area contributed by atoms with Crippen LogP contribution in [-0.2, 0) is 18.1 Å². The van der Waals surface area contributed by atoms with Crippen molar-refractivity contribution in [3.8, 4) is 0 Å². The summed E-state index contributed by atoms with van der Waals surface area (Å²) >= 11 is 0. The van der Waals surface area contributed by atoms with E-state index >= 15 is 0 Å². The lowest BCUT2D eigenvalue weighted by molar-refractivity contribution is 0.0671. The molecule has 6 nitrogen and oxygen atoms in total. The minimum Gasteiger partial charge on any atom is -0.383 e. The van der Waals surface area contributed by atoms with E-state index in [1.807, 2.05) is 6.92 Å². The zero-order chi connectivity index (χ0) is 21.8. The molecule has 1 heterocycles. The van der Waals surface area contributed by atoms with Crippen LogP contribution in [0.15, 0.2) is 35.6 Å². The Bertz CT molecular complexity index is 867. The van der Waals surface area contributed by atoms with E-state index in [1.54, 1.807) is 31.0 Å². The van der Waals surface area contributed by atoms with Crippen molar-refractivity contribution in [1.29, 1.82) is 0 Å². The van der Waals surface area contributed by atoms with Gasteiger partial charge in [-0.3, -0.25) is 4.68 Å². The Hall–Kier alpha value is -2.48. The number of nitrogens with zero attached hydrogens (tertiary/aromatic N) is 3. The van der Waals surface area contributed by atoms with Gasteiger partial charge >= 0.3 is 0 Å². The largest absolute Gasteiger partial charge is 0.383 e. The van der Waals surface area contributed by atoms with Gasteiger partial charge in [0.1, 0.15) is 17.2 Å². The Labute approximate surface area is 176 Å². The first-order valence-corrected chi connectivity index (χ1v) is 10.5. The summed E-state index contributed by atoms with van der Waals surface area (Å²) < 4.78 is 30.7. The van der Waals surface area contributed by atoms with E-state index < -0.39 is 22.7 Å². The number of nitrogens with one attached hydrogen (secondary N) is 2. The highest BCUT2D eigenvalue weighted by molar-refractivity contribution is 5.80. The van der Waals surface area contributed by atoms with Gasteiger partial charge in [-0.15, -0.1) is 0 Å². The second kappa shape index (κ2) is 9.12. The Morgan fingerprint density at radius 1 is 1.27 bits per heavy atom. The molecule has 1 atom stereocenters. The van der Waals surface area contributed by atoms with E-state index in [0.717, 1.165) is 12.8 Å². The average molecular weight is 420 g/mol. The predicted molar refractivity (Wildman–Crippen MR) is 113 cm³/mol. The molecule has 2 aromatic rings. The molecule has 164 valence electrons. The summed E-state index contributed by atoms with van der Waals surface area (Å²) in [6.07, 6.45) is 6.65. The number of aliphatic hydroxyl groups is 1. The molecule has 0 bridgehead atoms. The second-order valence-electron chi connectivity index (χ2n) is 8.31. The first-order chi connectivity index (χ1) is 14.3. The topological polar surface area (TPSA) is 74.5 Å². The molecular formula is C22H31F2N5O. The summed E-state index contributed by atoms with van der Waals surface area (Å²) in [6.45, 7) is 4.74. The minimum atomic E-state index is -1.18. The Morgan fingerprint density at radius 2 is 1.93 bits per heavy atom. The summed E-state index contributed by atoms with van der Waals surface area (Å²) in [5.41, 5.74) is -0.963. The number of rotatable bonds is 7. The van der Waals surface area contributed by atoms with Gasteiger partial charge in [-0.25, -0.2) is 13.8 Å². The smallest absolute Gasteiger partial charge is 0.191 e. The second-order valence-corrected chi connectivity index (χ2v) is 8.31. The highest BCUT2D eigenvalue weighted by Crippen LogP contribution is 2.42. The molecule has 8 heteroatoms. The third-order valence-electron chi connectivity index (χ3n) is 5.86. The fourth-order valence-electron chi connectivity index (χ4n) is 4.19. The Kier molecular flexibility index (Phi) is 6.75. The zero-order valence-corrected chi connectivity index (χ0v) is 17.9. The van der Waals surface area contributed by atoms with Gasteiger partial charge in [0.2, 0.25) is 0 Å². The van der Waals surface area contributed by atoms with Crippen LogP contribution in [0.4, 0.5) is 8.78 Å². The molecule has 0 spiro atoms. The fraction of sp³-hybridized carbons (Fsp3) is 0.545. The molecule has 0 amide bonds. The lowest BCUT2D eigenvalue weighted by Gasteiger charge is -2.31. The van der Waals surface area contributed by atoms with Crippen LogP contribution in [0.3, 0.4) is 0 Å². The molecule has 0 radical (unpaired) electrons. The van der Waals surface area contributed by atoms with Crippen molar-refractivity contribution in [1.82, 2.24) is 20.4 Å². The number of guanidine groups is 1. The van der Waals surface area contributed by atoms with Crippen LogP contribution in [0.1, 0.15) is 50.7 Å². The van der Waals surface area contributed by atoms with Gasteiger partial charge in [0.15, 0.2) is 5.96 Å². The van der Waals surface area contributed by atoms with Gasteiger partial charge in [0, 0.05) is 42.9 Å². The molecule has 1 aromatic heterocycles. The van der Waals surface area contributed by atoms with E-state index in [0.29, 0.717) is 37.5 Å². The summed E-state index contributed by atoms with van der Waals surface area (Å²) in [4.78, 5) is 4.52. The lowest BCUT2D eigenvalue weighted by Crippen LogP contribution is -2.46. The Balaban J connectivity index is 1.78. The third kappa shape index (κ3) is 4.80. The first kappa shape index (κ1) is 22.2. The number of benzene rings is 1. The van der Waals surface area contributed by atoms with E-state index in [1.165, 1.54) is 18.2 Å². The van der Waals surface area contributed by atoms with Crippen LogP contribution >= 0.6 is 0 Å². The summed E-state index contributed by atoms with van der Waals surface area (Å²) in [7, 11) is 1.79. The molecule has 3 N–H and O–H groups in total. The molecule has 1 unspecified atom stereocenters. The maximum absolute atomic E-state index is 14.6. The van der Waals surface area contributed by atoms with Gasteiger partial charge in [0.05, 0.1) is 12.7 Å². The number of aryl methyl sites for hydroxylation is 1. The molecule has 1 aliphatic rings. The molecule has 1 aromatic carbocycles. The number of halogens is 2. The molecule has 1 fully saturated rings. The van der Waals surface area contributed by atoms with Crippen molar-refractivity contribution >= 4 is 5.96 Å². The van der Waals surface area contributed by atoms with Crippen LogP contribution in [-0.4, -0.2) is 40.5 Å². The van der Waals surface area contributed by atoms with E-state index in [2.05, 4.69) is 20.7 Å². The van der Waals surface area contributed by atoms with Crippen LogP contribution in [0.5, 0.6) is 0 Å². The van der Waals surface area contributed by atoms with Crippen molar-refractivity contribution in [3.63, 3.8) is 0 Å². The number of aromatic nitrogens is 2. The van der Waals surface area contributed by atoms with Crippen molar-refractivity contribution in [2.24, 2.45) is 12.0 Å². The van der Waals surface area contributed by atoms with Gasteiger partial charge in [-0.2, -0.15) is 5.10 Å². The molecule has 0 aliphatic heterocycles. The maximum Gasteiger partial charge on any atom is 0.191 e. The normalized spacial score (nSPS) is 18.3. The van der Waals surface area contributed by atoms with Crippen LogP contribution in [0, 0.1) is 11.6 Å². The van der Waals surface area contributed by atoms with Gasteiger partial charge in [-0.05, 0) is 38.8 Å². The predicted octanol–water partition coefficient (Wildman–Crippen LogP) is 2.97.